The van der Waals surface area contributed by atoms with E-state index in [1.54, 1.807) is 26.5 Å². The molecule has 41 heavy (non-hydrogen) atoms. The average molecular weight is 614 g/mol. The summed E-state index contributed by atoms with van der Waals surface area (Å²) in [7, 11) is 1.58. The van der Waals surface area contributed by atoms with E-state index >= 15 is 0 Å². The fourth-order valence-corrected chi connectivity index (χ4v) is 5.01. The van der Waals surface area contributed by atoms with E-state index in [2.05, 4.69) is 33.9 Å². The second-order valence-electron chi connectivity index (χ2n) is 10.3. The number of amides is 6. The Kier molecular flexibility index (Phi) is 17.4. The van der Waals surface area contributed by atoms with Crippen LogP contribution in [0.2, 0.25) is 0 Å². The monoisotopic (exact) mass is 613 g/mol. The largest absolute Gasteiger partial charge is 0.345 e. The number of thioether (sulfide) groups is 1. The molecule has 6 amide bonds. The summed E-state index contributed by atoms with van der Waals surface area (Å²) in [5.41, 5.74) is 0.192. The summed E-state index contributed by atoms with van der Waals surface area (Å²) in [6, 6.07) is -2.59. The number of imide groups is 1. The Morgan fingerprint density at radius 3 is 2.00 bits per heavy atom. The number of nitrogens with zero attached hydrogens (tertiary/aromatic N) is 1. The maximum atomic E-state index is 12.4. The van der Waals surface area contributed by atoms with Crippen LogP contribution in [0.25, 0.3) is 0 Å². The third-order valence-corrected chi connectivity index (χ3v) is 7.78. The minimum atomic E-state index is -0.922. The topological polar surface area (TPSA) is 171 Å². The van der Waals surface area contributed by atoms with Crippen LogP contribution in [0.15, 0.2) is 0 Å². The molecule has 0 spiro atoms. The normalized spacial score (nSPS) is 17.0. The molecule has 230 valence electrons. The Hall–Kier alpha value is -2.55. The molecule has 1 saturated heterocycles. The summed E-state index contributed by atoms with van der Waals surface area (Å²) in [5.74, 6) is -0.981. The van der Waals surface area contributed by atoms with Crippen LogP contribution in [0, 0.1) is 0 Å². The van der Waals surface area contributed by atoms with E-state index < -0.39 is 35.2 Å². The van der Waals surface area contributed by atoms with Gasteiger partial charge in [-0.2, -0.15) is 12.6 Å². The quantitative estimate of drug-likeness (QED) is 0.0408. The predicted octanol–water partition coefficient (Wildman–Crippen LogP) is -0.355. The molecule has 1 aliphatic rings. The molecule has 1 fully saturated rings. The van der Waals surface area contributed by atoms with Crippen molar-refractivity contribution in [2.45, 2.75) is 102 Å². The minimum absolute atomic E-state index is 0.115. The number of hydrogen-bond donors (Lipinski definition) is 5. The van der Waals surface area contributed by atoms with Crippen molar-refractivity contribution in [1.82, 2.24) is 26.2 Å². The Morgan fingerprint density at radius 1 is 0.854 bits per heavy atom. The van der Waals surface area contributed by atoms with Crippen molar-refractivity contribution in [1.29, 1.82) is 0 Å². The van der Waals surface area contributed by atoms with Crippen molar-refractivity contribution in [3.05, 3.63) is 0 Å². The second kappa shape index (κ2) is 19.6. The van der Waals surface area contributed by atoms with Gasteiger partial charge in [0.25, 0.3) is 0 Å². The van der Waals surface area contributed by atoms with Gasteiger partial charge in [-0.25, -0.2) is 0 Å². The van der Waals surface area contributed by atoms with Crippen LogP contribution >= 0.6 is 24.4 Å². The standard InChI is InChI=1S/C26H44BN5O7S2/c1-16(23(36)28-15-41-13-9-5-6-10-20(27)33)30-25(38)18(3)31-24(37)17(2)29-21(34)11-7-4-8-12-32-22(35)14-19(40)26(32)39/h16-19,40H,4-15,27H2,1-3H3,(H,28,36)(H,29,34)(H,30,38)(H,31,37)/t16-,17-,18+,19?/m0/s1. The molecule has 1 aliphatic heterocycles. The van der Waals surface area contributed by atoms with E-state index in [0.29, 0.717) is 38.1 Å². The van der Waals surface area contributed by atoms with Crippen molar-refractivity contribution in [3.63, 3.8) is 0 Å². The van der Waals surface area contributed by atoms with Gasteiger partial charge < -0.3 is 26.1 Å². The lowest BCUT2D eigenvalue weighted by Gasteiger charge is -2.20. The Morgan fingerprint density at radius 2 is 1.41 bits per heavy atom. The molecule has 0 radical (unpaired) electrons. The number of thiol groups is 1. The Labute approximate surface area is 252 Å². The first kappa shape index (κ1) is 36.5. The molecule has 1 rings (SSSR count). The summed E-state index contributed by atoms with van der Waals surface area (Å²) in [4.78, 5) is 85.1. The van der Waals surface area contributed by atoms with Gasteiger partial charge in [-0.15, -0.1) is 11.8 Å². The molecular formula is C26H44BN5O7S2. The number of unbranched alkanes of at least 4 members (excludes halogenated alkanes) is 4. The zero-order valence-electron chi connectivity index (χ0n) is 24.5. The summed E-state index contributed by atoms with van der Waals surface area (Å²) >= 11 is 5.65. The van der Waals surface area contributed by atoms with Crippen LogP contribution in [0.5, 0.6) is 0 Å². The van der Waals surface area contributed by atoms with Crippen molar-refractivity contribution in [2.75, 3.05) is 18.2 Å². The third kappa shape index (κ3) is 14.8. The molecule has 0 aliphatic carbocycles. The van der Waals surface area contributed by atoms with Crippen LogP contribution in [-0.2, 0) is 33.6 Å². The third-order valence-electron chi connectivity index (χ3n) is 6.45. The van der Waals surface area contributed by atoms with Crippen molar-refractivity contribution in [3.8, 4) is 0 Å². The van der Waals surface area contributed by atoms with E-state index in [1.807, 2.05) is 0 Å². The van der Waals surface area contributed by atoms with Gasteiger partial charge >= 0.3 is 0 Å². The number of carbonyl (C=O) groups excluding carboxylic acids is 7. The van der Waals surface area contributed by atoms with Gasteiger partial charge in [0.2, 0.25) is 35.4 Å². The van der Waals surface area contributed by atoms with Crippen LogP contribution in [0.1, 0.15) is 78.6 Å². The maximum absolute atomic E-state index is 12.4. The van der Waals surface area contributed by atoms with Gasteiger partial charge in [0.05, 0.1) is 16.8 Å². The lowest BCUT2D eigenvalue weighted by atomic mass is 9.97. The molecule has 4 atom stereocenters. The van der Waals surface area contributed by atoms with E-state index in [-0.39, 0.29) is 42.2 Å². The maximum Gasteiger partial charge on any atom is 0.242 e. The van der Waals surface area contributed by atoms with Crippen LogP contribution in [-0.4, -0.2) is 95.4 Å². The highest BCUT2D eigenvalue weighted by molar-refractivity contribution is 7.99. The lowest BCUT2D eigenvalue weighted by molar-refractivity contribution is -0.138. The van der Waals surface area contributed by atoms with E-state index in [9.17, 15) is 33.6 Å². The molecule has 0 aromatic carbocycles. The lowest BCUT2D eigenvalue weighted by Crippen LogP contribution is -2.54. The zero-order valence-corrected chi connectivity index (χ0v) is 26.2. The Balaban J connectivity index is 2.21. The zero-order chi connectivity index (χ0) is 30.9. The molecule has 0 bridgehead atoms. The summed E-state index contributed by atoms with van der Waals surface area (Å²) in [6.45, 7) is 4.85. The van der Waals surface area contributed by atoms with E-state index in [4.69, 9.17) is 0 Å². The Bertz CT molecular complexity index is 955. The number of likely N-dealkylation sites (tertiary alicyclic amines) is 1. The predicted molar refractivity (Wildman–Crippen MR) is 163 cm³/mol. The van der Waals surface area contributed by atoms with Gasteiger partial charge in [-0.1, -0.05) is 12.8 Å². The van der Waals surface area contributed by atoms with Gasteiger partial charge in [0.15, 0.2) is 7.85 Å². The number of rotatable bonds is 20. The molecule has 0 aromatic rings. The van der Waals surface area contributed by atoms with E-state index in [1.165, 1.54) is 18.7 Å². The fraction of sp³-hybridized carbons (Fsp3) is 0.731. The summed E-state index contributed by atoms with van der Waals surface area (Å²) in [5, 5.41) is 9.87. The average Bonchev–Trinajstić information content (AvgIpc) is 3.14. The van der Waals surface area contributed by atoms with Crippen LogP contribution < -0.4 is 21.3 Å². The number of carbonyl (C=O) groups is 7. The van der Waals surface area contributed by atoms with Gasteiger partial charge in [0, 0.05) is 19.4 Å². The smallest absolute Gasteiger partial charge is 0.242 e. The molecule has 4 N–H and O–H groups in total. The highest BCUT2D eigenvalue weighted by Crippen LogP contribution is 2.18. The van der Waals surface area contributed by atoms with Crippen molar-refractivity contribution < 1.29 is 33.6 Å². The van der Waals surface area contributed by atoms with E-state index in [0.717, 1.165) is 25.0 Å². The first-order valence-electron chi connectivity index (χ1n) is 14.1. The number of hydrogen-bond acceptors (Lipinski definition) is 9. The molecule has 15 heteroatoms. The van der Waals surface area contributed by atoms with Crippen LogP contribution in [0.4, 0.5) is 0 Å². The first-order chi connectivity index (χ1) is 19.3. The highest BCUT2D eigenvalue weighted by atomic mass is 32.2. The highest BCUT2D eigenvalue weighted by Gasteiger charge is 2.35. The van der Waals surface area contributed by atoms with Crippen molar-refractivity contribution in [2.24, 2.45) is 0 Å². The molecule has 0 saturated carbocycles. The molecule has 12 nitrogen and oxygen atoms in total. The fourth-order valence-electron chi connectivity index (χ4n) is 3.92. The summed E-state index contributed by atoms with van der Waals surface area (Å²) < 4.78 is 0. The molecule has 1 unspecified atom stereocenters. The number of nitrogens with one attached hydrogen (secondary N) is 4. The molecular weight excluding hydrogens is 569 g/mol. The van der Waals surface area contributed by atoms with Crippen molar-refractivity contribution >= 4 is 73.4 Å². The van der Waals surface area contributed by atoms with Gasteiger partial charge in [0.1, 0.15) is 18.1 Å². The molecule has 0 aromatic heterocycles. The van der Waals surface area contributed by atoms with Crippen LogP contribution in [0.3, 0.4) is 0 Å². The van der Waals surface area contributed by atoms with Gasteiger partial charge in [-0.05, 0) is 58.6 Å². The first-order valence-corrected chi connectivity index (χ1v) is 15.8. The SMILES string of the molecule is BC(=O)CCCCCSCNC(=O)[C@H](C)NC(=O)[C@@H](C)NC(=O)[C@H](C)NC(=O)CCCCCN1C(=O)CC(S)C1=O. The minimum Gasteiger partial charge on any atom is -0.345 e. The second-order valence-corrected chi connectivity index (χ2v) is 12.0. The molecule has 1 heterocycles. The summed E-state index contributed by atoms with van der Waals surface area (Å²) in [6.07, 6.45) is 5.41. The van der Waals surface area contributed by atoms with Gasteiger partial charge in [-0.3, -0.25) is 33.7 Å².